The minimum absolute atomic E-state index is 0.381. The molecule has 0 aliphatic rings. The number of ether oxygens (including phenoxy) is 1. The van der Waals surface area contributed by atoms with E-state index in [4.69, 9.17) is 4.74 Å². The van der Waals surface area contributed by atoms with E-state index in [9.17, 15) is 5.11 Å². The molecule has 2 rings (SSSR count). The second-order valence-electron chi connectivity index (χ2n) is 4.14. The molecule has 0 aliphatic carbocycles. The van der Waals surface area contributed by atoms with Crippen molar-refractivity contribution in [2.45, 2.75) is 26.1 Å². The minimum atomic E-state index is -0.405. The Morgan fingerprint density at radius 3 is 2.61 bits per heavy atom. The number of aryl methyl sites for hydroxylation is 1. The Labute approximate surface area is 106 Å². The highest BCUT2D eigenvalue weighted by Crippen LogP contribution is 2.20. The molecule has 18 heavy (non-hydrogen) atoms. The number of hydrogen-bond donors (Lipinski definition) is 1. The van der Waals surface area contributed by atoms with Crippen molar-refractivity contribution in [1.82, 2.24) is 14.8 Å². The summed E-state index contributed by atoms with van der Waals surface area (Å²) in [5.41, 5.74) is 0.906. The van der Waals surface area contributed by atoms with Gasteiger partial charge in [0.2, 0.25) is 0 Å². The van der Waals surface area contributed by atoms with Gasteiger partial charge in [-0.2, -0.15) is 0 Å². The molecular formula is C13H17N3O2. The second kappa shape index (κ2) is 5.64. The van der Waals surface area contributed by atoms with Crippen molar-refractivity contribution in [3.05, 3.63) is 42.0 Å². The molecule has 1 aromatic carbocycles. The maximum absolute atomic E-state index is 9.67. The third-order valence-electron chi connectivity index (χ3n) is 2.82. The molecule has 0 fully saturated rings. The van der Waals surface area contributed by atoms with Gasteiger partial charge in [0, 0.05) is 7.05 Å². The summed E-state index contributed by atoms with van der Waals surface area (Å²) >= 11 is 0. The number of aliphatic hydroxyl groups excluding tert-OH is 1. The van der Waals surface area contributed by atoms with Crippen LogP contribution in [-0.2, 0) is 13.7 Å². The Hall–Kier alpha value is -1.88. The molecule has 0 spiro atoms. The molecule has 0 bridgehead atoms. The summed E-state index contributed by atoms with van der Waals surface area (Å²) in [7, 11) is 1.87. The number of nitrogens with zero attached hydrogens (tertiary/aromatic N) is 3. The SMILES string of the molecule is CC[C@H](O)c1ccc(OCc2nncn2C)cc1. The van der Waals surface area contributed by atoms with Crippen LogP contribution in [0.3, 0.4) is 0 Å². The van der Waals surface area contributed by atoms with Gasteiger partial charge in [-0.3, -0.25) is 0 Å². The molecule has 96 valence electrons. The van der Waals surface area contributed by atoms with Crippen LogP contribution in [0.5, 0.6) is 5.75 Å². The summed E-state index contributed by atoms with van der Waals surface area (Å²) in [6, 6.07) is 7.45. The molecule has 1 N–H and O–H groups in total. The van der Waals surface area contributed by atoms with Crippen molar-refractivity contribution < 1.29 is 9.84 Å². The molecule has 1 heterocycles. The summed E-state index contributed by atoms with van der Waals surface area (Å²) in [4.78, 5) is 0. The van der Waals surface area contributed by atoms with Crippen molar-refractivity contribution >= 4 is 0 Å². The predicted octanol–water partition coefficient (Wildman–Crippen LogP) is 1.84. The van der Waals surface area contributed by atoms with Gasteiger partial charge in [0.25, 0.3) is 0 Å². The first-order chi connectivity index (χ1) is 8.70. The largest absolute Gasteiger partial charge is 0.486 e. The van der Waals surface area contributed by atoms with Crippen molar-refractivity contribution in [3.63, 3.8) is 0 Å². The van der Waals surface area contributed by atoms with E-state index in [0.29, 0.717) is 13.0 Å². The maximum atomic E-state index is 9.67. The molecule has 1 atom stereocenters. The van der Waals surface area contributed by atoms with Gasteiger partial charge in [-0.15, -0.1) is 10.2 Å². The zero-order valence-corrected chi connectivity index (χ0v) is 10.6. The van der Waals surface area contributed by atoms with E-state index < -0.39 is 6.10 Å². The fraction of sp³-hybridized carbons (Fsp3) is 0.385. The smallest absolute Gasteiger partial charge is 0.170 e. The van der Waals surface area contributed by atoms with Gasteiger partial charge < -0.3 is 14.4 Å². The van der Waals surface area contributed by atoms with Crippen LogP contribution >= 0.6 is 0 Å². The Morgan fingerprint density at radius 2 is 2.06 bits per heavy atom. The standard InChI is InChI=1S/C13H17N3O2/c1-3-12(17)10-4-6-11(7-5-10)18-8-13-15-14-9-16(13)2/h4-7,9,12,17H,3,8H2,1-2H3/t12-/m0/s1. The Balaban J connectivity index is 1.96. The molecule has 0 aliphatic heterocycles. The molecular weight excluding hydrogens is 230 g/mol. The zero-order valence-electron chi connectivity index (χ0n) is 10.6. The maximum Gasteiger partial charge on any atom is 0.170 e. The van der Waals surface area contributed by atoms with Crippen LogP contribution in [0.25, 0.3) is 0 Å². The third kappa shape index (κ3) is 2.87. The lowest BCUT2D eigenvalue weighted by atomic mass is 10.1. The van der Waals surface area contributed by atoms with Crippen molar-refractivity contribution in [3.8, 4) is 5.75 Å². The molecule has 5 nitrogen and oxygen atoms in total. The number of aliphatic hydroxyl groups is 1. The van der Waals surface area contributed by atoms with Gasteiger partial charge >= 0.3 is 0 Å². The highest BCUT2D eigenvalue weighted by Gasteiger charge is 2.05. The quantitative estimate of drug-likeness (QED) is 0.875. The third-order valence-corrected chi connectivity index (χ3v) is 2.82. The topological polar surface area (TPSA) is 60.2 Å². The second-order valence-corrected chi connectivity index (χ2v) is 4.14. The lowest BCUT2D eigenvalue weighted by Gasteiger charge is -2.09. The van der Waals surface area contributed by atoms with Crippen LogP contribution in [-0.4, -0.2) is 19.9 Å². The van der Waals surface area contributed by atoms with Crippen LogP contribution in [0.1, 0.15) is 30.8 Å². The van der Waals surface area contributed by atoms with E-state index in [1.54, 1.807) is 6.33 Å². The Kier molecular flexibility index (Phi) is 3.94. The highest BCUT2D eigenvalue weighted by molar-refractivity contribution is 5.28. The molecule has 0 unspecified atom stereocenters. The van der Waals surface area contributed by atoms with E-state index >= 15 is 0 Å². The summed E-state index contributed by atoms with van der Waals surface area (Å²) in [6.45, 7) is 2.33. The van der Waals surface area contributed by atoms with Crippen LogP contribution in [0.15, 0.2) is 30.6 Å². The summed E-state index contributed by atoms with van der Waals surface area (Å²) < 4.78 is 7.41. The lowest BCUT2D eigenvalue weighted by Crippen LogP contribution is -2.03. The van der Waals surface area contributed by atoms with Crippen molar-refractivity contribution in [1.29, 1.82) is 0 Å². The van der Waals surface area contributed by atoms with Gasteiger partial charge in [-0.25, -0.2) is 0 Å². The summed E-state index contributed by atoms with van der Waals surface area (Å²) in [5.74, 6) is 1.53. The fourth-order valence-corrected chi connectivity index (χ4v) is 1.61. The molecule has 1 aromatic heterocycles. The van der Waals surface area contributed by atoms with Gasteiger partial charge in [0.15, 0.2) is 5.82 Å². The summed E-state index contributed by atoms with van der Waals surface area (Å²) in [6.07, 6.45) is 1.94. The van der Waals surface area contributed by atoms with Crippen LogP contribution < -0.4 is 4.74 Å². The first-order valence-corrected chi connectivity index (χ1v) is 5.94. The number of benzene rings is 1. The average Bonchev–Trinajstić information content (AvgIpc) is 2.81. The van der Waals surface area contributed by atoms with Crippen LogP contribution in [0.4, 0.5) is 0 Å². The van der Waals surface area contributed by atoms with Gasteiger partial charge in [0.05, 0.1) is 6.10 Å². The fourth-order valence-electron chi connectivity index (χ4n) is 1.61. The molecule has 5 heteroatoms. The van der Waals surface area contributed by atoms with E-state index in [2.05, 4.69) is 10.2 Å². The van der Waals surface area contributed by atoms with Gasteiger partial charge in [0.1, 0.15) is 18.7 Å². The predicted molar refractivity (Wildman–Crippen MR) is 67.0 cm³/mol. The number of rotatable bonds is 5. The number of hydrogen-bond acceptors (Lipinski definition) is 4. The minimum Gasteiger partial charge on any atom is -0.486 e. The first kappa shape index (κ1) is 12.6. The van der Waals surface area contributed by atoms with Crippen LogP contribution in [0.2, 0.25) is 0 Å². The van der Waals surface area contributed by atoms with E-state index in [1.165, 1.54) is 0 Å². The van der Waals surface area contributed by atoms with E-state index in [1.807, 2.05) is 42.8 Å². The summed E-state index contributed by atoms with van der Waals surface area (Å²) in [5, 5.41) is 17.4. The average molecular weight is 247 g/mol. The van der Waals surface area contributed by atoms with Gasteiger partial charge in [-0.05, 0) is 24.1 Å². The van der Waals surface area contributed by atoms with E-state index in [0.717, 1.165) is 17.1 Å². The number of aromatic nitrogens is 3. The van der Waals surface area contributed by atoms with Crippen molar-refractivity contribution in [2.24, 2.45) is 7.05 Å². The molecule has 0 radical (unpaired) electrons. The zero-order chi connectivity index (χ0) is 13.0. The monoisotopic (exact) mass is 247 g/mol. The van der Waals surface area contributed by atoms with Crippen molar-refractivity contribution in [2.75, 3.05) is 0 Å². The molecule has 0 saturated heterocycles. The molecule has 0 saturated carbocycles. The van der Waals surface area contributed by atoms with E-state index in [-0.39, 0.29) is 0 Å². The Bertz CT molecular complexity index is 493. The Morgan fingerprint density at radius 1 is 1.33 bits per heavy atom. The molecule has 0 amide bonds. The normalized spacial score (nSPS) is 12.4. The van der Waals surface area contributed by atoms with Gasteiger partial charge in [-0.1, -0.05) is 19.1 Å². The first-order valence-electron chi connectivity index (χ1n) is 5.94. The van der Waals surface area contributed by atoms with Crippen LogP contribution in [0, 0.1) is 0 Å². The molecule has 2 aromatic rings. The lowest BCUT2D eigenvalue weighted by molar-refractivity contribution is 0.173. The highest BCUT2D eigenvalue weighted by atomic mass is 16.5.